The summed E-state index contributed by atoms with van der Waals surface area (Å²) in [7, 11) is 1.45. The first-order chi connectivity index (χ1) is 9.86. The fraction of sp³-hybridized carbons (Fsp3) is 0.786. The van der Waals surface area contributed by atoms with E-state index in [0.29, 0.717) is 13.0 Å². The zero-order chi connectivity index (χ0) is 15.9. The van der Waals surface area contributed by atoms with Gasteiger partial charge in [0.15, 0.2) is 0 Å². The van der Waals surface area contributed by atoms with Gasteiger partial charge < -0.3 is 20.1 Å². The van der Waals surface area contributed by atoms with Crippen molar-refractivity contribution in [1.29, 1.82) is 0 Å². The van der Waals surface area contributed by atoms with Crippen LogP contribution in [0.2, 0.25) is 0 Å². The van der Waals surface area contributed by atoms with Gasteiger partial charge in [0.05, 0.1) is 25.1 Å². The number of methoxy groups -OCH3 is 1. The quantitative estimate of drug-likeness (QED) is 0.709. The number of likely N-dealkylation sites (tertiary alicyclic amines) is 1. The number of carbonyl (C=O) groups is 3. The van der Waals surface area contributed by atoms with E-state index in [2.05, 4.69) is 5.32 Å². The molecule has 1 saturated heterocycles. The number of ether oxygens (including phenoxy) is 1. The van der Waals surface area contributed by atoms with Gasteiger partial charge in [-0.15, -0.1) is 0 Å². The number of carbonyl (C=O) groups excluding carboxylic acids is 2. The maximum atomic E-state index is 12.1. The van der Waals surface area contributed by atoms with Crippen molar-refractivity contribution in [3.8, 4) is 0 Å². The van der Waals surface area contributed by atoms with Crippen molar-refractivity contribution in [2.45, 2.75) is 44.6 Å². The first-order valence-electron chi connectivity index (χ1n) is 7.16. The topological polar surface area (TPSA) is 95.9 Å². The van der Waals surface area contributed by atoms with Gasteiger partial charge in [-0.3, -0.25) is 14.4 Å². The Bertz CT molecular complexity index is 399. The smallest absolute Gasteiger partial charge is 0.305 e. The molecule has 0 aromatic carbocycles. The minimum atomic E-state index is -1.01. The molecule has 0 bridgehead atoms. The Labute approximate surface area is 124 Å². The Kier molecular flexibility index (Phi) is 6.61. The molecular formula is C14H24N2O5. The Hall–Kier alpha value is -1.63. The first-order valence-corrected chi connectivity index (χ1v) is 7.16. The third-order valence-electron chi connectivity index (χ3n) is 3.45. The van der Waals surface area contributed by atoms with E-state index in [9.17, 15) is 14.4 Å². The standard InChI is InChI=1S/C14H24N2O5/c1-14(10-21-2,8-13(19)20)15-11(17)9-16-7-5-3-4-6-12(16)18/h3-10H2,1-2H3,(H,15,17)(H,19,20). The minimum Gasteiger partial charge on any atom is -0.481 e. The van der Waals surface area contributed by atoms with Gasteiger partial charge in [0.1, 0.15) is 0 Å². The number of nitrogens with one attached hydrogen (secondary N) is 1. The second kappa shape index (κ2) is 7.97. The van der Waals surface area contributed by atoms with Gasteiger partial charge in [-0.1, -0.05) is 6.42 Å². The van der Waals surface area contributed by atoms with E-state index in [-0.39, 0.29) is 31.4 Å². The molecule has 0 spiro atoms. The molecule has 1 fully saturated rings. The van der Waals surface area contributed by atoms with E-state index >= 15 is 0 Å². The average Bonchev–Trinajstić information content (AvgIpc) is 2.53. The van der Waals surface area contributed by atoms with Gasteiger partial charge in [0.25, 0.3) is 0 Å². The zero-order valence-electron chi connectivity index (χ0n) is 12.7. The van der Waals surface area contributed by atoms with Gasteiger partial charge in [-0.05, 0) is 19.8 Å². The molecule has 2 amide bonds. The van der Waals surface area contributed by atoms with Crippen molar-refractivity contribution in [2.75, 3.05) is 26.8 Å². The lowest BCUT2D eigenvalue weighted by atomic mass is 9.99. The summed E-state index contributed by atoms with van der Waals surface area (Å²) in [5.41, 5.74) is -0.980. The molecule has 1 aliphatic heterocycles. The second-order valence-electron chi connectivity index (χ2n) is 5.74. The third kappa shape index (κ3) is 6.12. The summed E-state index contributed by atoms with van der Waals surface area (Å²) in [5.74, 6) is -1.39. The predicted molar refractivity (Wildman–Crippen MR) is 75.7 cm³/mol. The second-order valence-corrected chi connectivity index (χ2v) is 5.74. The van der Waals surface area contributed by atoms with Crippen molar-refractivity contribution in [3.63, 3.8) is 0 Å². The van der Waals surface area contributed by atoms with Crippen LogP contribution in [0.4, 0.5) is 0 Å². The van der Waals surface area contributed by atoms with Gasteiger partial charge >= 0.3 is 5.97 Å². The Morgan fingerprint density at radius 1 is 1.38 bits per heavy atom. The highest BCUT2D eigenvalue weighted by Gasteiger charge is 2.30. The van der Waals surface area contributed by atoms with Gasteiger partial charge in [0.2, 0.25) is 11.8 Å². The molecule has 0 saturated carbocycles. The van der Waals surface area contributed by atoms with E-state index in [1.165, 1.54) is 12.0 Å². The lowest BCUT2D eigenvalue weighted by Gasteiger charge is -2.30. The monoisotopic (exact) mass is 300 g/mol. The van der Waals surface area contributed by atoms with Crippen LogP contribution in [0.15, 0.2) is 0 Å². The average molecular weight is 300 g/mol. The van der Waals surface area contributed by atoms with Crippen molar-refractivity contribution in [2.24, 2.45) is 0 Å². The predicted octanol–water partition coefficient (Wildman–Crippen LogP) is 0.385. The zero-order valence-corrected chi connectivity index (χ0v) is 12.7. The lowest BCUT2D eigenvalue weighted by Crippen LogP contribution is -2.53. The third-order valence-corrected chi connectivity index (χ3v) is 3.45. The molecule has 21 heavy (non-hydrogen) atoms. The fourth-order valence-corrected chi connectivity index (χ4v) is 2.54. The van der Waals surface area contributed by atoms with Gasteiger partial charge in [-0.25, -0.2) is 0 Å². The number of aliphatic carboxylic acids is 1. The van der Waals surface area contributed by atoms with Crippen LogP contribution in [0.25, 0.3) is 0 Å². The number of carboxylic acid groups (broad SMARTS) is 1. The van der Waals surface area contributed by atoms with Crippen LogP contribution < -0.4 is 5.32 Å². The maximum absolute atomic E-state index is 12.1. The van der Waals surface area contributed by atoms with E-state index in [1.807, 2.05) is 0 Å². The molecule has 0 aliphatic carbocycles. The minimum absolute atomic E-state index is 0.0191. The van der Waals surface area contributed by atoms with Crippen LogP contribution in [-0.2, 0) is 19.1 Å². The molecule has 1 aliphatic rings. The highest BCUT2D eigenvalue weighted by molar-refractivity contribution is 5.85. The van der Waals surface area contributed by atoms with Crippen LogP contribution in [0.5, 0.6) is 0 Å². The lowest BCUT2D eigenvalue weighted by molar-refractivity contribution is -0.141. The van der Waals surface area contributed by atoms with Crippen LogP contribution in [0.3, 0.4) is 0 Å². The first kappa shape index (κ1) is 17.4. The molecule has 2 N–H and O–H groups in total. The molecular weight excluding hydrogens is 276 g/mol. The highest BCUT2D eigenvalue weighted by Crippen LogP contribution is 2.13. The molecule has 0 aromatic heterocycles. The molecule has 120 valence electrons. The summed E-state index contributed by atoms with van der Waals surface area (Å²) in [6.07, 6.45) is 2.98. The summed E-state index contributed by atoms with van der Waals surface area (Å²) in [4.78, 5) is 36.4. The molecule has 7 heteroatoms. The van der Waals surface area contributed by atoms with Gasteiger partial charge in [0, 0.05) is 20.1 Å². The Balaban J connectivity index is 2.60. The number of amides is 2. The Morgan fingerprint density at radius 2 is 2.10 bits per heavy atom. The van der Waals surface area contributed by atoms with Crippen molar-refractivity contribution in [3.05, 3.63) is 0 Å². The largest absolute Gasteiger partial charge is 0.481 e. The van der Waals surface area contributed by atoms with Crippen LogP contribution in [0.1, 0.15) is 39.0 Å². The SMILES string of the molecule is COCC(C)(CC(=O)O)NC(=O)CN1CCCCCC1=O. The Morgan fingerprint density at radius 3 is 2.71 bits per heavy atom. The summed E-state index contributed by atoms with van der Waals surface area (Å²) in [5, 5.41) is 11.6. The van der Waals surface area contributed by atoms with E-state index < -0.39 is 11.5 Å². The number of rotatable bonds is 7. The summed E-state index contributed by atoms with van der Waals surface area (Å²) >= 11 is 0. The molecule has 1 heterocycles. The normalized spacial score (nSPS) is 18.8. The van der Waals surface area contributed by atoms with Crippen LogP contribution in [0, 0.1) is 0 Å². The fourth-order valence-electron chi connectivity index (χ4n) is 2.54. The number of hydrogen-bond donors (Lipinski definition) is 2. The summed E-state index contributed by atoms with van der Waals surface area (Å²) in [6, 6.07) is 0. The highest BCUT2D eigenvalue weighted by atomic mass is 16.5. The molecule has 1 rings (SSSR count). The summed E-state index contributed by atoms with van der Waals surface area (Å²) in [6.45, 7) is 2.26. The van der Waals surface area contributed by atoms with Crippen molar-refractivity contribution in [1.82, 2.24) is 10.2 Å². The van der Waals surface area contributed by atoms with E-state index in [0.717, 1.165) is 19.3 Å². The maximum Gasteiger partial charge on any atom is 0.305 e. The molecule has 1 unspecified atom stereocenters. The number of hydrogen-bond acceptors (Lipinski definition) is 4. The molecule has 0 aromatic rings. The van der Waals surface area contributed by atoms with Crippen LogP contribution in [-0.4, -0.2) is 60.1 Å². The van der Waals surface area contributed by atoms with Crippen molar-refractivity contribution >= 4 is 17.8 Å². The number of carboxylic acids is 1. The molecule has 1 atom stereocenters. The van der Waals surface area contributed by atoms with E-state index in [4.69, 9.17) is 9.84 Å². The van der Waals surface area contributed by atoms with Gasteiger partial charge in [-0.2, -0.15) is 0 Å². The summed E-state index contributed by atoms with van der Waals surface area (Å²) < 4.78 is 4.98. The van der Waals surface area contributed by atoms with Crippen molar-refractivity contribution < 1.29 is 24.2 Å². The number of nitrogens with zero attached hydrogens (tertiary/aromatic N) is 1. The van der Waals surface area contributed by atoms with E-state index in [1.54, 1.807) is 6.92 Å². The molecule has 7 nitrogen and oxygen atoms in total. The molecule has 0 radical (unpaired) electrons. The van der Waals surface area contributed by atoms with Crippen LogP contribution >= 0.6 is 0 Å².